The van der Waals surface area contributed by atoms with Gasteiger partial charge in [0.25, 0.3) is 5.56 Å². The summed E-state index contributed by atoms with van der Waals surface area (Å²) in [6, 6.07) is 10.0. The largest absolute Gasteiger partial charge is 0.507 e. The Morgan fingerprint density at radius 3 is 2.59 bits per heavy atom. The van der Waals surface area contributed by atoms with Crippen LogP contribution in [0.3, 0.4) is 0 Å². The van der Waals surface area contributed by atoms with E-state index in [4.69, 9.17) is 4.74 Å². The van der Waals surface area contributed by atoms with Crippen molar-refractivity contribution in [2.75, 3.05) is 7.11 Å². The second-order valence-corrected chi connectivity index (χ2v) is 8.36. The van der Waals surface area contributed by atoms with Crippen LogP contribution >= 0.6 is 11.3 Å². The fraction of sp³-hybridized carbons (Fsp3) is 0.174. The second-order valence-electron chi connectivity index (χ2n) is 7.36. The highest BCUT2D eigenvalue weighted by molar-refractivity contribution is 7.07. The van der Waals surface area contributed by atoms with Crippen LogP contribution in [0.1, 0.15) is 30.5 Å². The van der Waals surface area contributed by atoms with Crippen molar-refractivity contribution in [1.29, 1.82) is 0 Å². The van der Waals surface area contributed by atoms with Crippen molar-refractivity contribution in [3.05, 3.63) is 94.7 Å². The fourth-order valence-corrected chi connectivity index (χ4v) is 4.81. The van der Waals surface area contributed by atoms with Gasteiger partial charge in [-0.2, -0.15) is 0 Å². The maximum atomic E-state index is 13.5. The van der Waals surface area contributed by atoms with Gasteiger partial charge in [-0.25, -0.2) is 9.79 Å². The van der Waals surface area contributed by atoms with Gasteiger partial charge in [0.05, 0.1) is 33.9 Å². The average Bonchev–Trinajstić information content (AvgIpc) is 3.14. The first-order valence-corrected chi connectivity index (χ1v) is 11.0. The van der Waals surface area contributed by atoms with Gasteiger partial charge in [0.1, 0.15) is 5.75 Å². The minimum atomic E-state index is -0.792. The number of nitrogens with zero attached hydrogens (tertiary/aromatic N) is 3. The van der Waals surface area contributed by atoms with Gasteiger partial charge in [0, 0.05) is 17.7 Å². The summed E-state index contributed by atoms with van der Waals surface area (Å²) in [4.78, 5) is 41.5. The molecule has 0 fully saturated rings. The summed E-state index contributed by atoms with van der Waals surface area (Å²) in [7, 11) is 1.26. The summed E-state index contributed by atoms with van der Waals surface area (Å²) in [6.07, 6.45) is 1.71. The number of carbonyl (C=O) groups excluding carboxylic acids is 1. The Morgan fingerprint density at radius 1 is 1.26 bits per heavy atom. The number of methoxy groups -OCH3 is 1. The number of hydrogen-bond acceptors (Lipinski definition) is 9. The van der Waals surface area contributed by atoms with E-state index in [1.165, 1.54) is 17.8 Å². The lowest BCUT2D eigenvalue weighted by Gasteiger charge is -2.25. The van der Waals surface area contributed by atoms with E-state index in [9.17, 15) is 29.9 Å². The van der Waals surface area contributed by atoms with Crippen molar-refractivity contribution >= 4 is 29.1 Å². The molecule has 1 atom stereocenters. The summed E-state index contributed by atoms with van der Waals surface area (Å²) < 4.78 is 6.51. The minimum Gasteiger partial charge on any atom is -0.507 e. The molecule has 0 bridgehead atoms. The molecule has 4 rings (SSSR count). The Kier molecular flexibility index (Phi) is 6.03. The number of nitro benzene ring substituents is 1. The molecule has 1 aliphatic rings. The number of aromatic hydroxyl groups is 2. The number of esters is 1. The Hall–Kier alpha value is -4.25. The van der Waals surface area contributed by atoms with Gasteiger partial charge in [0.2, 0.25) is 0 Å². The Labute approximate surface area is 196 Å². The van der Waals surface area contributed by atoms with Crippen LogP contribution in [-0.4, -0.2) is 32.8 Å². The van der Waals surface area contributed by atoms with Crippen LogP contribution in [0.5, 0.6) is 11.5 Å². The van der Waals surface area contributed by atoms with E-state index in [0.717, 1.165) is 23.5 Å². The Balaban J connectivity index is 2.01. The first-order valence-electron chi connectivity index (χ1n) is 10.1. The molecule has 2 heterocycles. The lowest BCUT2D eigenvalue weighted by Crippen LogP contribution is -2.40. The number of fused-ring (bicyclic) bond motifs is 1. The molecule has 174 valence electrons. The summed E-state index contributed by atoms with van der Waals surface area (Å²) >= 11 is 1.02. The van der Waals surface area contributed by atoms with E-state index in [2.05, 4.69) is 4.99 Å². The molecule has 1 aromatic heterocycles. The lowest BCUT2D eigenvalue weighted by molar-refractivity contribution is -0.385. The number of phenolic OH excluding ortho intramolecular Hbond substituents is 2. The maximum Gasteiger partial charge on any atom is 0.338 e. The van der Waals surface area contributed by atoms with Crippen LogP contribution in [-0.2, 0) is 9.53 Å². The normalized spacial score (nSPS) is 15.6. The molecule has 0 saturated carbocycles. The molecule has 1 aliphatic heterocycles. The van der Waals surface area contributed by atoms with E-state index >= 15 is 0 Å². The summed E-state index contributed by atoms with van der Waals surface area (Å²) in [6.45, 7) is 1.84. The third kappa shape index (κ3) is 3.86. The van der Waals surface area contributed by atoms with E-state index in [0.29, 0.717) is 22.5 Å². The van der Waals surface area contributed by atoms with Crippen LogP contribution < -0.4 is 14.9 Å². The number of allylic oxidation sites excluding steroid dienone is 1. The van der Waals surface area contributed by atoms with Gasteiger partial charge in [-0.1, -0.05) is 48.6 Å². The number of ether oxygens (including phenoxy) is 1. The van der Waals surface area contributed by atoms with Crippen molar-refractivity contribution in [2.24, 2.45) is 4.99 Å². The number of aromatic nitrogens is 1. The third-order valence-electron chi connectivity index (χ3n) is 5.37. The molecule has 0 saturated heterocycles. The molecular formula is C23H19N3O7S. The molecule has 11 heteroatoms. The van der Waals surface area contributed by atoms with Crippen LogP contribution in [0.15, 0.2) is 63.5 Å². The second kappa shape index (κ2) is 8.94. The molecular weight excluding hydrogens is 462 g/mol. The zero-order valence-electron chi connectivity index (χ0n) is 18.1. The molecule has 34 heavy (non-hydrogen) atoms. The van der Waals surface area contributed by atoms with Gasteiger partial charge in [-0.05, 0) is 18.1 Å². The molecule has 0 spiro atoms. The molecule has 10 nitrogen and oxygen atoms in total. The van der Waals surface area contributed by atoms with E-state index in [-0.39, 0.29) is 15.7 Å². The number of hydrogen-bond donors (Lipinski definition) is 2. The van der Waals surface area contributed by atoms with Crippen molar-refractivity contribution in [2.45, 2.75) is 19.4 Å². The van der Waals surface area contributed by atoms with Gasteiger partial charge in [-0.3, -0.25) is 19.5 Å². The Morgan fingerprint density at radius 2 is 1.97 bits per heavy atom. The molecule has 0 unspecified atom stereocenters. The molecule has 0 radical (unpaired) electrons. The third-order valence-corrected chi connectivity index (χ3v) is 6.36. The van der Waals surface area contributed by atoms with Crippen LogP contribution in [0.2, 0.25) is 0 Å². The van der Waals surface area contributed by atoms with E-state index < -0.39 is 39.7 Å². The maximum absolute atomic E-state index is 13.5. The number of nitro groups is 1. The SMILES string of the molecule is CCC1=C(C(=O)OC)[C@@H](c2ccccc2)n2c(s/c(=C\c3cc([N+](=O)[O-])c(O)cc3O)c2=O)=N1. The predicted octanol–water partition coefficient (Wildman–Crippen LogP) is 2.12. The Bertz CT molecular complexity index is 1520. The zero-order chi connectivity index (χ0) is 24.6. The van der Waals surface area contributed by atoms with Crippen molar-refractivity contribution < 1.29 is 24.7 Å². The standard InChI is InChI=1S/C23H19N3O7S/c1-3-14-19(22(30)33-2)20(12-7-5-4-6-8-12)25-21(29)18(34-23(25)24-14)10-13-9-15(26(31)32)17(28)11-16(13)27/h4-11,20,27-28H,3H2,1-2H3/b18-10-/t20-/m1/s1. The van der Waals surface area contributed by atoms with Crippen molar-refractivity contribution in [1.82, 2.24) is 4.57 Å². The van der Waals surface area contributed by atoms with E-state index in [1.807, 2.05) is 13.0 Å². The zero-order valence-corrected chi connectivity index (χ0v) is 18.9. The molecule has 0 amide bonds. The highest BCUT2D eigenvalue weighted by Crippen LogP contribution is 2.34. The van der Waals surface area contributed by atoms with Crippen molar-refractivity contribution in [3.63, 3.8) is 0 Å². The predicted molar refractivity (Wildman–Crippen MR) is 123 cm³/mol. The molecule has 3 aromatic rings. The first kappa shape index (κ1) is 22.9. The fourth-order valence-electron chi connectivity index (χ4n) is 3.80. The summed E-state index contributed by atoms with van der Waals surface area (Å²) in [5.74, 6) is -1.73. The summed E-state index contributed by atoms with van der Waals surface area (Å²) in [5, 5.41) is 31.1. The smallest absolute Gasteiger partial charge is 0.338 e. The van der Waals surface area contributed by atoms with Gasteiger partial charge in [0.15, 0.2) is 10.6 Å². The highest BCUT2D eigenvalue weighted by atomic mass is 32.1. The molecule has 2 aromatic carbocycles. The summed E-state index contributed by atoms with van der Waals surface area (Å²) in [5.41, 5.74) is 0.285. The van der Waals surface area contributed by atoms with Gasteiger partial charge in [-0.15, -0.1) is 0 Å². The van der Waals surface area contributed by atoms with Crippen LogP contribution in [0.4, 0.5) is 5.69 Å². The lowest BCUT2D eigenvalue weighted by atomic mass is 9.95. The van der Waals surface area contributed by atoms with Crippen LogP contribution in [0, 0.1) is 10.1 Å². The van der Waals surface area contributed by atoms with Gasteiger partial charge < -0.3 is 14.9 Å². The highest BCUT2D eigenvalue weighted by Gasteiger charge is 2.33. The number of benzene rings is 2. The first-order chi connectivity index (χ1) is 16.3. The quantitative estimate of drug-likeness (QED) is 0.323. The number of phenols is 2. The van der Waals surface area contributed by atoms with Gasteiger partial charge >= 0.3 is 11.7 Å². The number of carbonyl (C=O) groups is 1. The monoisotopic (exact) mass is 481 g/mol. The van der Waals surface area contributed by atoms with Crippen molar-refractivity contribution in [3.8, 4) is 11.5 Å². The van der Waals surface area contributed by atoms with E-state index in [1.54, 1.807) is 24.3 Å². The molecule has 2 N–H and O–H groups in total. The number of thiazole rings is 1. The van der Waals surface area contributed by atoms with Crippen LogP contribution in [0.25, 0.3) is 6.08 Å². The minimum absolute atomic E-state index is 0.0195. The topological polar surface area (TPSA) is 144 Å². The molecule has 0 aliphatic carbocycles. The average molecular weight is 481 g/mol. The number of rotatable bonds is 5.